The van der Waals surface area contributed by atoms with Gasteiger partial charge in [-0.2, -0.15) is 0 Å². The Bertz CT molecular complexity index is 572. The maximum atomic E-state index is 11.4. The van der Waals surface area contributed by atoms with Crippen LogP contribution in [0.15, 0.2) is 29.2 Å². The number of hydrogen-bond donors (Lipinski definition) is 0. The molecule has 0 unspecified atom stereocenters. The molecular formula is C14H19NO4S. The van der Waals surface area contributed by atoms with Gasteiger partial charge in [0, 0.05) is 44.8 Å². The van der Waals surface area contributed by atoms with Crippen molar-refractivity contribution in [2.24, 2.45) is 0 Å². The predicted molar refractivity (Wildman–Crippen MR) is 76.6 cm³/mol. The van der Waals surface area contributed by atoms with E-state index in [4.69, 9.17) is 4.74 Å². The zero-order valence-electron chi connectivity index (χ0n) is 11.7. The molecule has 20 heavy (non-hydrogen) atoms. The fraction of sp³-hybridized carbons (Fsp3) is 0.500. The van der Waals surface area contributed by atoms with Crippen LogP contribution in [-0.2, 0) is 19.4 Å². The first-order chi connectivity index (χ1) is 9.36. The van der Waals surface area contributed by atoms with Gasteiger partial charge in [0.1, 0.15) is 6.10 Å². The van der Waals surface area contributed by atoms with Crippen LogP contribution >= 0.6 is 0 Å². The lowest BCUT2D eigenvalue weighted by Gasteiger charge is -2.33. The third kappa shape index (κ3) is 3.72. The van der Waals surface area contributed by atoms with Crippen molar-refractivity contribution < 1.29 is 17.9 Å². The number of carbonyl (C=O) groups is 1. The van der Waals surface area contributed by atoms with Crippen molar-refractivity contribution in [2.45, 2.75) is 30.8 Å². The lowest BCUT2D eigenvalue weighted by molar-refractivity contribution is -0.147. The fourth-order valence-corrected chi connectivity index (χ4v) is 3.00. The molecule has 1 fully saturated rings. The van der Waals surface area contributed by atoms with Crippen LogP contribution in [0.2, 0.25) is 0 Å². The van der Waals surface area contributed by atoms with Gasteiger partial charge in [0.2, 0.25) is 0 Å². The summed E-state index contributed by atoms with van der Waals surface area (Å²) in [5.41, 5.74) is 0.999. The Balaban J connectivity index is 1.99. The Kier molecular flexibility index (Phi) is 4.32. The van der Waals surface area contributed by atoms with Crippen molar-refractivity contribution in [2.75, 3.05) is 24.2 Å². The van der Waals surface area contributed by atoms with Gasteiger partial charge >= 0.3 is 5.97 Å². The molecule has 1 aromatic rings. The van der Waals surface area contributed by atoms with Gasteiger partial charge in [-0.1, -0.05) is 0 Å². The number of ether oxygens (including phenoxy) is 1. The Hall–Kier alpha value is -1.56. The van der Waals surface area contributed by atoms with E-state index >= 15 is 0 Å². The molecule has 0 radical (unpaired) electrons. The van der Waals surface area contributed by atoms with Crippen molar-refractivity contribution in [1.29, 1.82) is 0 Å². The summed E-state index contributed by atoms with van der Waals surface area (Å²) in [7, 11) is -3.15. The molecule has 1 saturated heterocycles. The average molecular weight is 297 g/mol. The van der Waals surface area contributed by atoms with E-state index in [1.54, 1.807) is 12.1 Å². The lowest BCUT2D eigenvalue weighted by Crippen LogP contribution is -2.37. The van der Waals surface area contributed by atoms with Gasteiger partial charge in [-0.05, 0) is 24.3 Å². The van der Waals surface area contributed by atoms with E-state index in [2.05, 4.69) is 4.90 Å². The zero-order valence-corrected chi connectivity index (χ0v) is 12.5. The van der Waals surface area contributed by atoms with Gasteiger partial charge < -0.3 is 9.64 Å². The molecule has 110 valence electrons. The molecule has 0 amide bonds. The van der Waals surface area contributed by atoms with Crippen LogP contribution in [0.1, 0.15) is 19.8 Å². The highest BCUT2D eigenvalue weighted by Gasteiger charge is 2.21. The topological polar surface area (TPSA) is 63.7 Å². The molecule has 1 heterocycles. The van der Waals surface area contributed by atoms with Gasteiger partial charge in [-0.3, -0.25) is 4.79 Å². The monoisotopic (exact) mass is 297 g/mol. The van der Waals surface area contributed by atoms with E-state index in [-0.39, 0.29) is 12.1 Å². The van der Waals surface area contributed by atoms with Crippen LogP contribution in [0, 0.1) is 0 Å². The van der Waals surface area contributed by atoms with Crippen LogP contribution in [-0.4, -0.2) is 39.8 Å². The molecule has 0 atom stereocenters. The van der Waals surface area contributed by atoms with Gasteiger partial charge in [-0.15, -0.1) is 0 Å². The second-order valence-corrected chi connectivity index (χ2v) is 7.08. The number of sulfone groups is 1. The number of anilines is 1. The van der Waals surface area contributed by atoms with E-state index in [1.807, 2.05) is 12.1 Å². The quantitative estimate of drug-likeness (QED) is 0.793. The van der Waals surface area contributed by atoms with E-state index in [0.717, 1.165) is 31.6 Å². The Morgan fingerprint density at radius 3 is 2.20 bits per heavy atom. The average Bonchev–Trinajstić information content (AvgIpc) is 2.38. The highest BCUT2D eigenvalue weighted by atomic mass is 32.2. The number of nitrogens with zero attached hydrogens (tertiary/aromatic N) is 1. The summed E-state index contributed by atoms with van der Waals surface area (Å²) in [6.45, 7) is 3.03. The van der Waals surface area contributed by atoms with E-state index in [9.17, 15) is 13.2 Å². The van der Waals surface area contributed by atoms with Crippen molar-refractivity contribution in [3.05, 3.63) is 24.3 Å². The summed E-state index contributed by atoms with van der Waals surface area (Å²) in [4.78, 5) is 13.4. The highest BCUT2D eigenvalue weighted by Crippen LogP contribution is 2.23. The summed E-state index contributed by atoms with van der Waals surface area (Å²) in [5.74, 6) is -0.235. The Morgan fingerprint density at radius 2 is 1.75 bits per heavy atom. The molecule has 1 aliphatic heterocycles. The van der Waals surface area contributed by atoms with Gasteiger partial charge in [0.15, 0.2) is 9.84 Å². The summed E-state index contributed by atoms with van der Waals surface area (Å²) >= 11 is 0. The second-order valence-electron chi connectivity index (χ2n) is 5.06. The summed E-state index contributed by atoms with van der Waals surface area (Å²) in [5, 5.41) is 0. The first kappa shape index (κ1) is 14.8. The maximum absolute atomic E-state index is 11.4. The molecule has 0 aromatic heterocycles. The van der Waals surface area contributed by atoms with Gasteiger partial charge in [0.05, 0.1) is 4.90 Å². The largest absolute Gasteiger partial charge is 0.462 e. The van der Waals surface area contributed by atoms with Gasteiger partial charge in [-0.25, -0.2) is 8.42 Å². The molecular weight excluding hydrogens is 278 g/mol. The first-order valence-electron chi connectivity index (χ1n) is 6.58. The van der Waals surface area contributed by atoms with E-state index in [0.29, 0.717) is 4.90 Å². The Morgan fingerprint density at radius 1 is 1.20 bits per heavy atom. The van der Waals surface area contributed by atoms with E-state index < -0.39 is 9.84 Å². The number of benzene rings is 1. The van der Waals surface area contributed by atoms with E-state index in [1.165, 1.54) is 13.2 Å². The number of hydrogen-bond acceptors (Lipinski definition) is 5. The second kappa shape index (κ2) is 5.83. The van der Waals surface area contributed by atoms with Crippen molar-refractivity contribution in [3.8, 4) is 0 Å². The molecule has 0 aliphatic carbocycles. The van der Waals surface area contributed by atoms with Crippen molar-refractivity contribution >= 4 is 21.5 Å². The lowest BCUT2D eigenvalue weighted by atomic mass is 10.1. The van der Waals surface area contributed by atoms with Gasteiger partial charge in [0.25, 0.3) is 0 Å². The third-order valence-electron chi connectivity index (χ3n) is 3.40. The minimum atomic E-state index is -3.15. The standard InChI is InChI=1S/C14H19NO4S/c1-11(16)19-13-7-9-15(10-8-13)12-3-5-14(6-4-12)20(2,17)18/h3-6,13H,7-10H2,1-2H3. The smallest absolute Gasteiger partial charge is 0.302 e. The SMILES string of the molecule is CC(=O)OC1CCN(c2ccc(S(C)(=O)=O)cc2)CC1. The number of carbonyl (C=O) groups excluding carboxylic acids is 1. The molecule has 0 saturated carbocycles. The van der Waals surface area contributed by atoms with Crippen LogP contribution in [0.5, 0.6) is 0 Å². The number of rotatable bonds is 3. The summed E-state index contributed by atoms with van der Waals surface area (Å²) < 4.78 is 28.0. The van der Waals surface area contributed by atoms with Crippen LogP contribution in [0.25, 0.3) is 0 Å². The fourth-order valence-electron chi connectivity index (χ4n) is 2.37. The molecule has 2 rings (SSSR count). The maximum Gasteiger partial charge on any atom is 0.302 e. The Labute approximate surface area is 119 Å². The van der Waals surface area contributed by atoms with Crippen molar-refractivity contribution in [1.82, 2.24) is 0 Å². The van der Waals surface area contributed by atoms with Crippen LogP contribution in [0.3, 0.4) is 0 Å². The van der Waals surface area contributed by atoms with Crippen molar-refractivity contribution in [3.63, 3.8) is 0 Å². The molecule has 0 bridgehead atoms. The summed E-state index contributed by atoms with van der Waals surface area (Å²) in [6.07, 6.45) is 2.80. The molecule has 5 nitrogen and oxygen atoms in total. The normalized spacial score (nSPS) is 17.0. The third-order valence-corrected chi connectivity index (χ3v) is 4.53. The zero-order chi connectivity index (χ0) is 14.8. The molecule has 0 spiro atoms. The minimum absolute atomic E-state index is 0.000886. The molecule has 6 heteroatoms. The molecule has 1 aliphatic rings. The highest BCUT2D eigenvalue weighted by molar-refractivity contribution is 7.90. The first-order valence-corrected chi connectivity index (χ1v) is 8.47. The molecule has 0 N–H and O–H groups in total. The number of esters is 1. The van der Waals surface area contributed by atoms with Crippen LogP contribution < -0.4 is 4.90 Å². The molecule has 1 aromatic carbocycles. The predicted octanol–water partition coefficient (Wildman–Crippen LogP) is 1.62. The van der Waals surface area contributed by atoms with Crippen LogP contribution in [0.4, 0.5) is 5.69 Å². The number of piperidine rings is 1. The summed E-state index contributed by atoms with van der Waals surface area (Å²) in [6, 6.07) is 6.90. The minimum Gasteiger partial charge on any atom is -0.462 e.